The Kier molecular flexibility index (Phi) is 4.62. The van der Waals surface area contributed by atoms with Crippen molar-refractivity contribution in [2.75, 3.05) is 6.61 Å². The van der Waals surface area contributed by atoms with E-state index in [2.05, 4.69) is 36.6 Å². The molecule has 0 aliphatic carbocycles. The minimum atomic E-state index is -0.280. The topological polar surface area (TPSA) is 80.8 Å². The summed E-state index contributed by atoms with van der Waals surface area (Å²) in [6.07, 6.45) is 0.184. The molecule has 2 rings (SSSR count). The summed E-state index contributed by atoms with van der Waals surface area (Å²) in [5, 5.41) is 13.9. The fourth-order valence-corrected chi connectivity index (χ4v) is 2.20. The van der Waals surface area contributed by atoms with Gasteiger partial charge in [-0.05, 0) is 24.6 Å². The standard InChI is InChI=1S/C12H13BrN4O2/c1-2-19-11(18)7-10(12-14-16-17-15-12)8-4-3-5-9(13)6-8/h3-6,10H,2,7H2,1H3,(H,14,15,16,17). The van der Waals surface area contributed by atoms with Gasteiger partial charge in [-0.3, -0.25) is 4.79 Å². The van der Waals surface area contributed by atoms with Crippen molar-refractivity contribution < 1.29 is 9.53 Å². The monoisotopic (exact) mass is 324 g/mol. The Morgan fingerprint density at radius 3 is 3.00 bits per heavy atom. The molecule has 100 valence electrons. The third kappa shape index (κ3) is 3.60. The Hall–Kier alpha value is -1.76. The van der Waals surface area contributed by atoms with E-state index in [1.165, 1.54) is 0 Å². The van der Waals surface area contributed by atoms with Crippen LogP contribution < -0.4 is 0 Å². The molecule has 0 saturated heterocycles. The van der Waals surface area contributed by atoms with Gasteiger partial charge < -0.3 is 4.74 Å². The number of carbonyl (C=O) groups excluding carboxylic acids is 1. The van der Waals surface area contributed by atoms with Gasteiger partial charge in [0, 0.05) is 4.47 Å². The largest absolute Gasteiger partial charge is 0.466 e. The molecule has 1 aromatic carbocycles. The molecule has 0 spiro atoms. The van der Waals surface area contributed by atoms with Gasteiger partial charge in [0.1, 0.15) is 0 Å². The van der Waals surface area contributed by atoms with E-state index >= 15 is 0 Å². The number of H-pyrrole nitrogens is 1. The van der Waals surface area contributed by atoms with Crippen molar-refractivity contribution in [1.29, 1.82) is 0 Å². The first-order valence-electron chi connectivity index (χ1n) is 5.85. The quantitative estimate of drug-likeness (QED) is 0.851. The van der Waals surface area contributed by atoms with Gasteiger partial charge in [-0.25, -0.2) is 0 Å². The van der Waals surface area contributed by atoms with Crippen LogP contribution in [0, 0.1) is 0 Å². The summed E-state index contributed by atoms with van der Waals surface area (Å²) in [7, 11) is 0. The lowest BCUT2D eigenvalue weighted by atomic mass is 9.95. The number of ether oxygens (including phenoxy) is 1. The molecule has 0 saturated carbocycles. The van der Waals surface area contributed by atoms with E-state index in [0.29, 0.717) is 12.4 Å². The Balaban J connectivity index is 2.27. The minimum Gasteiger partial charge on any atom is -0.466 e. The molecule has 0 bridgehead atoms. The van der Waals surface area contributed by atoms with E-state index in [-0.39, 0.29) is 18.3 Å². The number of aromatic nitrogens is 4. The summed E-state index contributed by atoms with van der Waals surface area (Å²) in [5.74, 6) is -0.0706. The molecule has 0 aliphatic heterocycles. The number of carbonyl (C=O) groups is 1. The number of nitrogens with one attached hydrogen (secondary N) is 1. The summed E-state index contributed by atoms with van der Waals surface area (Å²) in [6.45, 7) is 2.14. The number of halogens is 1. The zero-order valence-electron chi connectivity index (χ0n) is 10.3. The van der Waals surface area contributed by atoms with E-state index in [1.807, 2.05) is 24.3 Å². The maximum absolute atomic E-state index is 11.7. The predicted molar refractivity (Wildman–Crippen MR) is 71.4 cm³/mol. The van der Waals surface area contributed by atoms with Crippen LogP contribution in [0.15, 0.2) is 28.7 Å². The van der Waals surface area contributed by atoms with Crippen molar-refractivity contribution in [2.45, 2.75) is 19.3 Å². The molecule has 0 aliphatic rings. The number of aromatic amines is 1. The summed E-state index contributed by atoms with van der Waals surface area (Å²) < 4.78 is 5.92. The third-order valence-corrected chi connectivity index (χ3v) is 3.09. The SMILES string of the molecule is CCOC(=O)CC(c1cccc(Br)c1)c1nn[nH]n1. The maximum atomic E-state index is 11.7. The fraction of sp³-hybridized carbons (Fsp3) is 0.333. The summed E-state index contributed by atoms with van der Waals surface area (Å²) >= 11 is 3.41. The highest BCUT2D eigenvalue weighted by Crippen LogP contribution is 2.27. The Morgan fingerprint density at radius 2 is 2.37 bits per heavy atom. The first-order valence-corrected chi connectivity index (χ1v) is 6.64. The van der Waals surface area contributed by atoms with E-state index in [4.69, 9.17) is 4.74 Å². The molecule has 6 nitrogen and oxygen atoms in total. The van der Waals surface area contributed by atoms with Gasteiger partial charge in [-0.15, -0.1) is 10.2 Å². The summed E-state index contributed by atoms with van der Waals surface area (Å²) in [5.41, 5.74) is 0.934. The lowest BCUT2D eigenvalue weighted by molar-refractivity contribution is -0.143. The molecule has 0 amide bonds. The fourth-order valence-electron chi connectivity index (χ4n) is 1.79. The highest BCUT2D eigenvalue weighted by molar-refractivity contribution is 9.10. The van der Waals surface area contributed by atoms with Crippen LogP contribution in [-0.2, 0) is 9.53 Å². The molecule has 0 fully saturated rings. The van der Waals surface area contributed by atoms with Crippen molar-refractivity contribution in [3.8, 4) is 0 Å². The van der Waals surface area contributed by atoms with Crippen molar-refractivity contribution >= 4 is 21.9 Å². The van der Waals surface area contributed by atoms with Gasteiger partial charge >= 0.3 is 5.97 Å². The average molecular weight is 325 g/mol. The number of benzene rings is 1. The molecule has 7 heteroatoms. The zero-order chi connectivity index (χ0) is 13.7. The second-order valence-electron chi connectivity index (χ2n) is 3.89. The second kappa shape index (κ2) is 6.42. The lowest BCUT2D eigenvalue weighted by Gasteiger charge is -2.13. The van der Waals surface area contributed by atoms with Gasteiger partial charge in [0.05, 0.1) is 18.9 Å². The van der Waals surface area contributed by atoms with Gasteiger partial charge in [-0.1, -0.05) is 33.3 Å². The molecule has 1 aromatic heterocycles. The normalized spacial score (nSPS) is 12.1. The van der Waals surface area contributed by atoms with Gasteiger partial charge in [0.2, 0.25) is 0 Å². The molecular formula is C12H13BrN4O2. The number of esters is 1. The van der Waals surface area contributed by atoms with E-state index in [1.54, 1.807) is 6.92 Å². The molecule has 0 radical (unpaired) electrons. The first kappa shape index (κ1) is 13.7. The predicted octanol–water partition coefficient (Wildman–Crippen LogP) is 2.05. The molecule has 1 unspecified atom stereocenters. The van der Waals surface area contributed by atoms with Crippen LogP contribution in [0.5, 0.6) is 0 Å². The third-order valence-electron chi connectivity index (χ3n) is 2.60. The van der Waals surface area contributed by atoms with Crippen LogP contribution in [0.1, 0.15) is 30.7 Å². The molecular weight excluding hydrogens is 312 g/mol. The van der Waals surface area contributed by atoms with E-state index in [9.17, 15) is 4.79 Å². The van der Waals surface area contributed by atoms with Gasteiger partial charge in [0.15, 0.2) is 5.82 Å². The van der Waals surface area contributed by atoms with Crippen LogP contribution in [0.3, 0.4) is 0 Å². The Bertz CT molecular complexity index is 544. The molecule has 1 atom stereocenters. The summed E-state index contributed by atoms with van der Waals surface area (Å²) in [6, 6.07) is 7.67. The number of hydrogen-bond donors (Lipinski definition) is 1. The highest BCUT2D eigenvalue weighted by atomic mass is 79.9. The average Bonchev–Trinajstić information content (AvgIpc) is 2.90. The van der Waals surface area contributed by atoms with Crippen molar-refractivity contribution in [2.24, 2.45) is 0 Å². The molecule has 2 aromatic rings. The lowest BCUT2D eigenvalue weighted by Crippen LogP contribution is -2.13. The van der Waals surface area contributed by atoms with Crippen LogP contribution in [0.2, 0.25) is 0 Å². The number of tetrazole rings is 1. The molecule has 1 heterocycles. The number of nitrogens with zero attached hydrogens (tertiary/aromatic N) is 3. The number of hydrogen-bond acceptors (Lipinski definition) is 5. The maximum Gasteiger partial charge on any atom is 0.306 e. The molecule has 1 N–H and O–H groups in total. The van der Waals surface area contributed by atoms with E-state index < -0.39 is 0 Å². The van der Waals surface area contributed by atoms with Crippen molar-refractivity contribution in [1.82, 2.24) is 20.6 Å². The Morgan fingerprint density at radius 1 is 1.53 bits per heavy atom. The summed E-state index contributed by atoms with van der Waals surface area (Å²) in [4.78, 5) is 11.7. The van der Waals surface area contributed by atoms with Gasteiger partial charge in [-0.2, -0.15) is 5.21 Å². The molecule has 19 heavy (non-hydrogen) atoms. The van der Waals surface area contributed by atoms with Crippen LogP contribution >= 0.6 is 15.9 Å². The zero-order valence-corrected chi connectivity index (χ0v) is 11.9. The first-order chi connectivity index (χ1) is 9.20. The van der Waals surface area contributed by atoms with Crippen molar-refractivity contribution in [3.05, 3.63) is 40.1 Å². The minimum absolute atomic E-state index is 0.184. The van der Waals surface area contributed by atoms with Crippen LogP contribution in [0.25, 0.3) is 0 Å². The van der Waals surface area contributed by atoms with Crippen LogP contribution in [0.4, 0.5) is 0 Å². The van der Waals surface area contributed by atoms with E-state index in [0.717, 1.165) is 10.0 Å². The van der Waals surface area contributed by atoms with Crippen molar-refractivity contribution in [3.63, 3.8) is 0 Å². The smallest absolute Gasteiger partial charge is 0.306 e. The number of rotatable bonds is 5. The van der Waals surface area contributed by atoms with Gasteiger partial charge in [0.25, 0.3) is 0 Å². The highest BCUT2D eigenvalue weighted by Gasteiger charge is 2.23. The Labute approximate surface area is 118 Å². The van der Waals surface area contributed by atoms with Crippen LogP contribution in [-0.4, -0.2) is 33.2 Å². The second-order valence-corrected chi connectivity index (χ2v) is 4.80.